The fourth-order valence-electron chi connectivity index (χ4n) is 3.01. The number of hydrogen-bond acceptors (Lipinski definition) is 3. The molecule has 0 spiro atoms. The fraction of sp³-hybridized carbons (Fsp3) is 0.350. The van der Waals surface area contributed by atoms with E-state index in [-0.39, 0.29) is 5.91 Å². The Bertz CT molecular complexity index is 647. The highest BCUT2D eigenvalue weighted by molar-refractivity contribution is 5.79. The first-order valence-corrected chi connectivity index (χ1v) is 8.56. The molecule has 2 aromatic carbocycles. The average molecular weight is 324 g/mol. The van der Waals surface area contributed by atoms with Gasteiger partial charge >= 0.3 is 0 Å². The van der Waals surface area contributed by atoms with Crippen LogP contribution in [0.15, 0.2) is 54.6 Å². The highest BCUT2D eigenvalue weighted by atomic mass is 16.5. The second-order valence-corrected chi connectivity index (χ2v) is 5.96. The van der Waals surface area contributed by atoms with Crippen LogP contribution in [0.25, 0.3) is 0 Å². The van der Waals surface area contributed by atoms with E-state index in [0.717, 1.165) is 37.5 Å². The lowest BCUT2D eigenvalue weighted by molar-refractivity contribution is -0.130. The minimum absolute atomic E-state index is 0.201. The predicted molar refractivity (Wildman–Crippen MR) is 96.6 cm³/mol. The molecule has 0 bridgehead atoms. The van der Waals surface area contributed by atoms with Crippen molar-refractivity contribution in [3.8, 4) is 5.75 Å². The van der Waals surface area contributed by atoms with Crippen molar-refractivity contribution in [1.29, 1.82) is 0 Å². The van der Waals surface area contributed by atoms with Gasteiger partial charge in [0.1, 0.15) is 5.75 Å². The van der Waals surface area contributed by atoms with Gasteiger partial charge in [-0.3, -0.25) is 4.79 Å². The van der Waals surface area contributed by atoms with Crippen LogP contribution in [0.5, 0.6) is 5.75 Å². The largest absolute Gasteiger partial charge is 0.494 e. The molecule has 0 unspecified atom stereocenters. The molecule has 1 fully saturated rings. The van der Waals surface area contributed by atoms with Crippen LogP contribution in [0.1, 0.15) is 12.5 Å². The Hall–Kier alpha value is -2.49. The molecule has 4 heteroatoms. The van der Waals surface area contributed by atoms with Gasteiger partial charge in [0.15, 0.2) is 0 Å². The quantitative estimate of drug-likeness (QED) is 0.848. The number of nitrogens with zero attached hydrogens (tertiary/aromatic N) is 2. The van der Waals surface area contributed by atoms with Crippen molar-refractivity contribution in [3.63, 3.8) is 0 Å². The van der Waals surface area contributed by atoms with E-state index < -0.39 is 0 Å². The monoisotopic (exact) mass is 324 g/mol. The summed E-state index contributed by atoms with van der Waals surface area (Å²) in [5, 5.41) is 0. The highest BCUT2D eigenvalue weighted by Crippen LogP contribution is 2.17. The molecule has 1 aliphatic rings. The lowest BCUT2D eigenvalue weighted by atomic mass is 10.1. The molecule has 1 aliphatic heterocycles. The minimum atomic E-state index is 0.201. The van der Waals surface area contributed by atoms with Crippen LogP contribution in [0, 0.1) is 0 Å². The normalized spacial score (nSPS) is 14.5. The Morgan fingerprint density at radius 1 is 0.958 bits per heavy atom. The van der Waals surface area contributed by atoms with E-state index in [0.29, 0.717) is 13.0 Å². The van der Waals surface area contributed by atoms with Crippen LogP contribution >= 0.6 is 0 Å². The van der Waals surface area contributed by atoms with E-state index in [2.05, 4.69) is 29.2 Å². The van der Waals surface area contributed by atoms with Gasteiger partial charge in [0.25, 0.3) is 0 Å². The molecule has 1 heterocycles. The van der Waals surface area contributed by atoms with Gasteiger partial charge < -0.3 is 14.5 Å². The molecule has 0 saturated carbocycles. The molecule has 0 radical (unpaired) electrons. The van der Waals surface area contributed by atoms with Crippen molar-refractivity contribution < 1.29 is 9.53 Å². The second-order valence-electron chi connectivity index (χ2n) is 5.96. The van der Waals surface area contributed by atoms with Crippen molar-refractivity contribution >= 4 is 11.6 Å². The maximum Gasteiger partial charge on any atom is 0.227 e. The van der Waals surface area contributed by atoms with Crippen LogP contribution in [0.3, 0.4) is 0 Å². The summed E-state index contributed by atoms with van der Waals surface area (Å²) in [5.74, 6) is 1.05. The van der Waals surface area contributed by atoms with Crippen molar-refractivity contribution in [2.45, 2.75) is 13.3 Å². The van der Waals surface area contributed by atoms with Crippen LogP contribution in [-0.2, 0) is 11.2 Å². The third-order valence-electron chi connectivity index (χ3n) is 4.34. The second kappa shape index (κ2) is 7.86. The number of carbonyl (C=O) groups is 1. The number of piperazine rings is 1. The summed E-state index contributed by atoms with van der Waals surface area (Å²) in [6.07, 6.45) is 0.456. The molecule has 24 heavy (non-hydrogen) atoms. The summed E-state index contributed by atoms with van der Waals surface area (Å²) in [6.45, 7) is 5.96. The van der Waals surface area contributed by atoms with Gasteiger partial charge in [-0.15, -0.1) is 0 Å². The Morgan fingerprint density at radius 2 is 1.62 bits per heavy atom. The molecule has 0 N–H and O–H groups in total. The highest BCUT2D eigenvalue weighted by Gasteiger charge is 2.21. The summed E-state index contributed by atoms with van der Waals surface area (Å²) in [7, 11) is 0. The first kappa shape index (κ1) is 16.4. The first-order valence-electron chi connectivity index (χ1n) is 8.56. The number of hydrogen-bond donors (Lipinski definition) is 0. The molecular weight excluding hydrogens is 300 g/mol. The van der Waals surface area contributed by atoms with Crippen molar-refractivity contribution in [1.82, 2.24) is 4.90 Å². The number of carbonyl (C=O) groups excluding carboxylic acids is 1. The first-order chi connectivity index (χ1) is 11.8. The smallest absolute Gasteiger partial charge is 0.227 e. The van der Waals surface area contributed by atoms with Crippen LogP contribution in [0.4, 0.5) is 5.69 Å². The van der Waals surface area contributed by atoms with Crippen LogP contribution in [0.2, 0.25) is 0 Å². The molecule has 1 amide bonds. The van der Waals surface area contributed by atoms with Gasteiger partial charge in [-0.25, -0.2) is 0 Å². The van der Waals surface area contributed by atoms with E-state index >= 15 is 0 Å². The zero-order valence-corrected chi connectivity index (χ0v) is 14.1. The topological polar surface area (TPSA) is 32.8 Å². The Kier molecular flexibility index (Phi) is 5.36. The molecule has 0 aliphatic carbocycles. The minimum Gasteiger partial charge on any atom is -0.494 e. The van der Waals surface area contributed by atoms with Gasteiger partial charge in [0, 0.05) is 31.9 Å². The van der Waals surface area contributed by atoms with E-state index in [1.807, 2.05) is 42.2 Å². The molecule has 3 rings (SSSR count). The third kappa shape index (κ3) is 4.07. The standard InChI is InChI=1S/C20H24N2O2/c1-2-24-19-10-8-17(9-11-19)16-20(23)22-14-12-21(13-15-22)18-6-4-3-5-7-18/h3-11H,2,12-16H2,1H3. The summed E-state index contributed by atoms with van der Waals surface area (Å²) in [6, 6.07) is 18.2. The molecule has 2 aromatic rings. The number of amides is 1. The average Bonchev–Trinajstić information content (AvgIpc) is 2.64. The summed E-state index contributed by atoms with van der Waals surface area (Å²) in [5.41, 5.74) is 2.27. The maximum atomic E-state index is 12.5. The molecule has 0 atom stereocenters. The zero-order valence-electron chi connectivity index (χ0n) is 14.1. The van der Waals surface area contributed by atoms with E-state index in [1.54, 1.807) is 0 Å². The number of para-hydroxylation sites is 1. The van der Waals surface area contributed by atoms with Gasteiger partial charge in [-0.05, 0) is 36.8 Å². The van der Waals surface area contributed by atoms with Gasteiger partial charge in [-0.1, -0.05) is 30.3 Å². The van der Waals surface area contributed by atoms with Gasteiger partial charge in [-0.2, -0.15) is 0 Å². The fourth-order valence-corrected chi connectivity index (χ4v) is 3.01. The van der Waals surface area contributed by atoms with Gasteiger partial charge in [0.05, 0.1) is 13.0 Å². The molecular formula is C20H24N2O2. The zero-order chi connectivity index (χ0) is 16.8. The van der Waals surface area contributed by atoms with Gasteiger partial charge in [0.2, 0.25) is 5.91 Å². The van der Waals surface area contributed by atoms with Crippen molar-refractivity contribution in [2.75, 3.05) is 37.7 Å². The molecule has 1 saturated heterocycles. The van der Waals surface area contributed by atoms with E-state index in [9.17, 15) is 4.79 Å². The summed E-state index contributed by atoms with van der Waals surface area (Å²) < 4.78 is 5.44. The summed E-state index contributed by atoms with van der Waals surface area (Å²) >= 11 is 0. The lowest BCUT2D eigenvalue weighted by Crippen LogP contribution is -2.49. The number of anilines is 1. The Labute approximate surface area is 143 Å². The molecule has 4 nitrogen and oxygen atoms in total. The third-order valence-corrected chi connectivity index (χ3v) is 4.34. The number of benzene rings is 2. The van der Waals surface area contributed by atoms with Crippen LogP contribution < -0.4 is 9.64 Å². The van der Waals surface area contributed by atoms with Crippen molar-refractivity contribution in [3.05, 3.63) is 60.2 Å². The summed E-state index contributed by atoms with van der Waals surface area (Å²) in [4.78, 5) is 16.8. The van der Waals surface area contributed by atoms with Crippen molar-refractivity contribution in [2.24, 2.45) is 0 Å². The molecule has 126 valence electrons. The van der Waals surface area contributed by atoms with E-state index in [1.165, 1.54) is 5.69 Å². The molecule has 0 aromatic heterocycles. The predicted octanol–water partition coefficient (Wildman–Crippen LogP) is 2.98. The lowest BCUT2D eigenvalue weighted by Gasteiger charge is -2.36. The number of ether oxygens (including phenoxy) is 1. The Balaban J connectivity index is 1.51. The van der Waals surface area contributed by atoms with E-state index in [4.69, 9.17) is 4.74 Å². The Morgan fingerprint density at radius 3 is 2.25 bits per heavy atom. The SMILES string of the molecule is CCOc1ccc(CC(=O)N2CCN(c3ccccc3)CC2)cc1. The number of rotatable bonds is 5. The maximum absolute atomic E-state index is 12.5. The van der Waals surface area contributed by atoms with Crippen LogP contribution in [-0.4, -0.2) is 43.6 Å².